The molecule has 0 bridgehead atoms. The van der Waals surface area contributed by atoms with Gasteiger partial charge in [-0.05, 0) is 48.9 Å². The number of carbonyl (C=O) groups excluding carboxylic acids is 2. The lowest BCUT2D eigenvalue weighted by Gasteiger charge is -2.25. The van der Waals surface area contributed by atoms with E-state index < -0.39 is 23.5 Å². The van der Waals surface area contributed by atoms with Crippen molar-refractivity contribution in [3.8, 4) is 5.75 Å². The SMILES string of the molecule is Cc1ccc(/C(O)=C2/C(=O)C(=O)N(c3ccc(F)cc3)C2c2cccc(O)c2)cc1. The fraction of sp³-hybridized carbons (Fsp3) is 0.0833. The van der Waals surface area contributed by atoms with Gasteiger partial charge < -0.3 is 10.2 Å². The lowest BCUT2D eigenvalue weighted by atomic mass is 9.94. The molecule has 2 N–H and O–H groups in total. The van der Waals surface area contributed by atoms with E-state index >= 15 is 0 Å². The van der Waals surface area contributed by atoms with E-state index in [-0.39, 0.29) is 17.1 Å². The van der Waals surface area contributed by atoms with Crippen molar-refractivity contribution in [2.75, 3.05) is 4.90 Å². The summed E-state index contributed by atoms with van der Waals surface area (Å²) in [6.07, 6.45) is 0. The van der Waals surface area contributed by atoms with Crippen molar-refractivity contribution in [2.45, 2.75) is 13.0 Å². The molecule has 0 spiro atoms. The minimum absolute atomic E-state index is 0.0486. The maximum atomic E-state index is 13.4. The van der Waals surface area contributed by atoms with Gasteiger partial charge in [0.25, 0.3) is 11.7 Å². The Morgan fingerprint density at radius 1 is 0.967 bits per heavy atom. The number of aryl methyl sites for hydroxylation is 1. The van der Waals surface area contributed by atoms with Crippen molar-refractivity contribution >= 4 is 23.1 Å². The van der Waals surface area contributed by atoms with Crippen molar-refractivity contribution in [3.63, 3.8) is 0 Å². The van der Waals surface area contributed by atoms with Gasteiger partial charge in [-0.15, -0.1) is 0 Å². The molecule has 1 heterocycles. The lowest BCUT2D eigenvalue weighted by molar-refractivity contribution is -0.132. The fourth-order valence-corrected chi connectivity index (χ4v) is 3.58. The first kappa shape index (κ1) is 19.4. The summed E-state index contributed by atoms with van der Waals surface area (Å²) < 4.78 is 13.4. The Balaban J connectivity index is 1.95. The predicted molar refractivity (Wildman–Crippen MR) is 110 cm³/mol. The molecule has 1 aliphatic rings. The van der Waals surface area contributed by atoms with Crippen LogP contribution < -0.4 is 4.90 Å². The number of aromatic hydroxyl groups is 1. The molecule has 150 valence electrons. The number of phenols is 1. The number of hydrogen-bond acceptors (Lipinski definition) is 4. The molecule has 1 saturated heterocycles. The number of ketones is 1. The Kier molecular flexibility index (Phi) is 4.83. The second-order valence-electron chi connectivity index (χ2n) is 7.11. The molecule has 3 aromatic rings. The number of amides is 1. The zero-order valence-corrected chi connectivity index (χ0v) is 16.0. The molecule has 0 aromatic heterocycles. The van der Waals surface area contributed by atoms with E-state index in [9.17, 15) is 24.2 Å². The minimum Gasteiger partial charge on any atom is -0.508 e. The van der Waals surface area contributed by atoms with E-state index in [1.807, 2.05) is 6.92 Å². The Bertz CT molecular complexity index is 1170. The van der Waals surface area contributed by atoms with Gasteiger partial charge in [0.05, 0.1) is 11.6 Å². The van der Waals surface area contributed by atoms with E-state index in [0.29, 0.717) is 16.8 Å². The summed E-state index contributed by atoms with van der Waals surface area (Å²) in [5.74, 6) is -2.54. The Labute approximate surface area is 172 Å². The number of anilines is 1. The smallest absolute Gasteiger partial charge is 0.300 e. The molecule has 1 aliphatic heterocycles. The van der Waals surface area contributed by atoms with Crippen molar-refractivity contribution in [1.29, 1.82) is 0 Å². The summed E-state index contributed by atoms with van der Waals surface area (Å²) in [4.78, 5) is 27.1. The van der Waals surface area contributed by atoms with Gasteiger partial charge in [0.15, 0.2) is 0 Å². The van der Waals surface area contributed by atoms with Crippen LogP contribution >= 0.6 is 0 Å². The zero-order chi connectivity index (χ0) is 21.4. The van der Waals surface area contributed by atoms with Crippen LogP contribution in [-0.2, 0) is 9.59 Å². The van der Waals surface area contributed by atoms with Crippen LogP contribution in [0.5, 0.6) is 5.75 Å². The first-order valence-electron chi connectivity index (χ1n) is 9.29. The number of phenolic OH excluding ortho intramolecular Hbond substituents is 1. The molecule has 1 amide bonds. The summed E-state index contributed by atoms with van der Waals surface area (Å²) in [5, 5.41) is 20.9. The van der Waals surface area contributed by atoms with Crippen LogP contribution in [0.25, 0.3) is 5.76 Å². The molecule has 1 fully saturated rings. The maximum Gasteiger partial charge on any atom is 0.300 e. The van der Waals surface area contributed by atoms with E-state index in [0.717, 1.165) is 5.56 Å². The highest BCUT2D eigenvalue weighted by Gasteiger charge is 2.47. The van der Waals surface area contributed by atoms with E-state index in [4.69, 9.17) is 0 Å². The number of Topliss-reactive ketones (excluding diaryl/α,β-unsaturated/α-hetero) is 1. The second-order valence-corrected chi connectivity index (χ2v) is 7.11. The average Bonchev–Trinajstić information content (AvgIpc) is 3.00. The standard InChI is InChI=1S/C24H18FNO4/c1-14-5-7-15(8-6-14)22(28)20-21(16-3-2-4-19(27)13-16)26(24(30)23(20)29)18-11-9-17(25)10-12-18/h2-13,21,27-28H,1H3/b22-20-. The number of rotatable bonds is 3. The Morgan fingerprint density at radius 2 is 1.63 bits per heavy atom. The van der Waals surface area contributed by atoms with Crippen LogP contribution in [0.3, 0.4) is 0 Å². The first-order valence-corrected chi connectivity index (χ1v) is 9.29. The second kappa shape index (κ2) is 7.48. The van der Waals surface area contributed by atoms with Crippen LogP contribution in [-0.4, -0.2) is 21.9 Å². The van der Waals surface area contributed by atoms with Crippen molar-refractivity contribution in [3.05, 3.63) is 101 Å². The number of benzene rings is 3. The van der Waals surface area contributed by atoms with Gasteiger partial charge in [-0.2, -0.15) is 0 Å². The highest BCUT2D eigenvalue weighted by molar-refractivity contribution is 6.51. The lowest BCUT2D eigenvalue weighted by Crippen LogP contribution is -2.29. The molecule has 3 aromatic carbocycles. The highest BCUT2D eigenvalue weighted by Crippen LogP contribution is 2.42. The molecule has 30 heavy (non-hydrogen) atoms. The molecule has 6 heteroatoms. The van der Waals surface area contributed by atoms with Crippen LogP contribution in [0.4, 0.5) is 10.1 Å². The van der Waals surface area contributed by atoms with Crippen LogP contribution in [0.2, 0.25) is 0 Å². The van der Waals surface area contributed by atoms with E-state index in [2.05, 4.69) is 0 Å². The summed E-state index contributed by atoms with van der Waals surface area (Å²) >= 11 is 0. The van der Waals surface area contributed by atoms with Crippen LogP contribution in [0.1, 0.15) is 22.7 Å². The van der Waals surface area contributed by atoms with Crippen LogP contribution in [0, 0.1) is 12.7 Å². The molecule has 0 radical (unpaired) electrons. The summed E-state index contributed by atoms with van der Waals surface area (Å²) in [5.41, 5.74) is 2.01. The minimum atomic E-state index is -0.983. The molecule has 0 saturated carbocycles. The van der Waals surface area contributed by atoms with Gasteiger partial charge in [0.1, 0.15) is 17.3 Å². The monoisotopic (exact) mass is 403 g/mol. The number of aliphatic hydroxyl groups is 1. The van der Waals surface area contributed by atoms with E-state index in [1.54, 1.807) is 36.4 Å². The van der Waals surface area contributed by atoms with Gasteiger partial charge in [0, 0.05) is 11.3 Å². The molecule has 5 nitrogen and oxygen atoms in total. The number of carbonyl (C=O) groups is 2. The average molecular weight is 403 g/mol. The van der Waals surface area contributed by atoms with Gasteiger partial charge in [-0.1, -0.05) is 42.0 Å². The molecule has 4 rings (SSSR count). The summed E-state index contributed by atoms with van der Waals surface area (Å²) in [6.45, 7) is 1.89. The molecular weight excluding hydrogens is 385 g/mol. The fourth-order valence-electron chi connectivity index (χ4n) is 3.58. The molecule has 0 aliphatic carbocycles. The third kappa shape index (κ3) is 3.33. The van der Waals surface area contributed by atoms with Crippen molar-refractivity contribution in [2.24, 2.45) is 0 Å². The maximum absolute atomic E-state index is 13.4. The quantitative estimate of drug-likeness (QED) is 0.384. The Morgan fingerprint density at radius 3 is 2.27 bits per heavy atom. The molecular formula is C24H18FNO4. The van der Waals surface area contributed by atoms with Crippen LogP contribution in [0.15, 0.2) is 78.4 Å². The zero-order valence-electron chi connectivity index (χ0n) is 16.0. The topological polar surface area (TPSA) is 77.8 Å². The van der Waals surface area contributed by atoms with Crippen molar-refractivity contribution < 1.29 is 24.2 Å². The van der Waals surface area contributed by atoms with Crippen molar-refractivity contribution in [1.82, 2.24) is 0 Å². The summed E-state index contributed by atoms with van der Waals surface area (Å²) in [6, 6.07) is 17.2. The predicted octanol–water partition coefficient (Wildman–Crippen LogP) is 4.47. The third-order valence-electron chi connectivity index (χ3n) is 5.06. The first-order chi connectivity index (χ1) is 14.4. The van der Waals surface area contributed by atoms with E-state index in [1.165, 1.54) is 41.3 Å². The van der Waals surface area contributed by atoms with Gasteiger partial charge >= 0.3 is 0 Å². The number of hydrogen-bond donors (Lipinski definition) is 2. The normalized spacial score (nSPS) is 18.1. The highest BCUT2D eigenvalue weighted by atomic mass is 19.1. The Hall–Kier alpha value is -3.93. The summed E-state index contributed by atoms with van der Waals surface area (Å²) in [7, 11) is 0. The van der Waals surface area contributed by atoms with Gasteiger partial charge in [0.2, 0.25) is 0 Å². The molecule has 1 unspecified atom stereocenters. The largest absolute Gasteiger partial charge is 0.508 e. The van der Waals surface area contributed by atoms with Gasteiger partial charge in [-0.25, -0.2) is 4.39 Å². The number of aliphatic hydroxyl groups excluding tert-OH is 1. The molecule has 1 atom stereocenters. The number of nitrogens with zero attached hydrogens (tertiary/aromatic N) is 1. The van der Waals surface area contributed by atoms with Gasteiger partial charge in [-0.3, -0.25) is 14.5 Å². The number of halogens is 1. The third-order valence-corrected chi connectivity index (χ3v) is 5.06.